The fourth-order valence-electron chi connectivity index (χ4n) is 3.62. The van der Waals surface area contributed by atoms with Gasteiger partial charge in [0.05, 0.1) is 18.7 Å². The number of aromatic nitrogens is 3. The van der Waals surface area contributed by atoms with Crippen LogP contribution in [0.4, 0.5) is 0 Å². The van der Waals surface area contributed by atoms with Crippen LogP contribution in [0.25, 0.3) is 22.1 Å². The van der Waals surface area contributed by atoms with Crippen molar-refractivity contribution in [3.8, 4) is 17.1 Å². The maximum Gasteiger partial charge on any atom is 0.281 e. The molecule has 0 N–H and O–H groups in total. The summed E-state index contributed by atoms with van der Waals surface area (Å²) in [5.74, 6) is 0.610. The van der Waals surface area contributed by atoms with Crippen molar-refractivity contribution < 1.29 is 4.74 Å². The van der Waals surface area contributed by atoms with Gasteiger partial charge in [0.25, 0.3) is 5.56 Å². The number of aryl methyl sites for hydroxylation is 3. The van der Waals surface area contributed by atoms with E-state index < -0.39 is 0 Å². The molecule has 0 saturated carbocycles. The van der Waals surface area contributed by atoms with Crippen LogP contribution < -0.4 is 10.3 Å². The first-order chi connectivity index (χ1) is 13.0. The van der Waals surface area contributed by atoms with E-state index in [1.165, 1.54) is 10.2 Å². The molecular weight excluding hydrogens is 338 g/mol. The summed E-state index contributed by atoms with van der Waals surface area (Å²) in [6, 6.07) is 15.7. The van der Waals surface area contributed by atoms with Crippen LogP contribution in [0, 0.1) is 20.8 Å². The van der Waals surface area contributed by atoms with E-state index in [-0.39, 0.29) is 5.56 Å². The standard InChI is InChI=1S/C22H21N3O2/c1-14-9-11-17(12-10-14)24-15(2)18-13-23-25(22(26)21(18)16(24)3)19-7-5-6-8-20(19)27-4/h5-13H,1-4H3. The van der Waals surface area contributed by atoms with Crippen LogP contribution in [-0.4, -0.2) is 21.5 Å². The van der Waals surface area contributed by atoms with Gasteiger partial charge in [0.2, 0.25) is 0 Å². The summed E-state index contributed by atoms with van der Waals surface area (Å²) in [7, 11) is 1.59. The predicted molar refractivity (Wildman–Crippen MR) is 107 cm³/mol. The Balaban J connectivity index is 2.01. The molecule has 5 nitrogen and oxygen atoms in total. The van der Waals surface area contributed by atoms with Gasteiger partial charge in [0.1, 0.15) is 11.4 Å². The monoisotopic (exact) mass is 359 g/mol. The van der Waals surface area contributed by atoms with Crippen LogP contribution in [-0.2, 0) is 0 Å². The molecule has 4 rings (SSSR count). The summed E-state index contributed by atoms with van der Waals surface area (Å²) in [6.07, 6.45) is 1.76. The lowest BCUT2D eigenvalue weighted by Gasteiger charge is -2.09. The fourth-order valence-corrected chi connectivity index (χ4v) is 3.62. The number of methoxy groups -OCH3 is 1. The maximum atomic E-state index is 13.3. The van der Waals surface area contributed by atoms with Gasteiger partial charge in [-0.2, -0.15) is 9.78 Å². The van der Waals surface area contributed by atoms with Gasteiger partial charge >= 0.3 is 0 Å². The number of nitrogens with zero attached hydrogens (tertiary/aromatic N) is 3. The minimum atomic E-state index is -0.150. The average molecular weight is 359 g/mol. The quantitative estimate of drug-likeness (QED) is 0.553. The van der Waals surface area contributed by atoms with Crippen molar-refractivity contribution in [1.29, 1.82) is 0 Å². The Hall–Kier alpha value is -3.34. The highest BCUT2D eigenvalue weighted by molar-refractivity contribution is 5.88. The van der Waals surface area contributed by atoms with Gasteiger partial charge in [-0.25, -0.2) is 0 Å². The number of hydrogen-bond acceptors (Lipinski definition) is 3. The number of hydrogen-bond donors (Lipinski definition) is 0. The Bertz CT molecular complexity index is 1200. The van der Waals surface area contributed by atoms with E-state index in [1.807, 2.05) is 38.1 Å². The molecule has 0 bridgehead atoms. The molecule has 0 aliphatic rings. The zero-order chi connectivity index (χ0) is 19.1. The van der Waals surface area contributed by atoms with Crippen LogP contribution in [0.5, 0.6) is 5.75 Å². The minimum Gasteiger partial charge on any atom is -0.494 e. The molecule has 0 fully saturated rings. The molecule has 0 atom stereocenters. The predicted octanol–water partition coefficient (Wildman–Crippen LogP) is 4.11. The number of fused-ring (bicyclic) bond motifs is 1. The van der Waals surface area contributed by atoms with Crippen molar-refractivity contribution in [2.24, 2.45) is 0 Å². The van der Waals surface area contributed by atoms with Crippen molar-refractivity contribution in [2.75, 3.05) is 7.11 Å². The van der Waals surface area contributed by atoms with Crippen molar-refractivity contribution in [3.63, 3.8) is 0 Å². The molecule has 0 aliphatic heterocycles. The van der Waals surface area contributed by atoms with Crippen LogP contribution in [0.15, 0.2) is 59.5 Å². The molecule has 5 heteroatoms. The van der Waals surface area contributed by atoms with Gasteiger partial charge in [-0.15, -0.1) is 0 Å². The lowest BCUT2D eigenvalue weighted by molar-refractivity contribution is 0.411. The first-order valence-electron chi connectivity index (χ1n) is 8.83. The number of rotatable bonds is 3. The molecule has 2 aromatic heterocycles. The van der Waals surface area contributed by atoms with E-state index >= 15 is 0 Å². The Morgan fingerprint density at radius 1 is 0.926 bits per heavy atom. The Kier molecular flexibility index (Phi) is 4.07. The van der Waals surface area contributed by atoms with Crippen molar-refractivity contribution in [3.05, 3.63) is 82.0 Å². The van der Waals surface area contributed by atoms with Gasteiger partial charge in [-0.1, -0.05) is 29.8 Å². The largest absolute Gasteiger partial charge is 0.494 e. The first-order valence-corrected chi connectivity index (χ1v) is 8.83. The molecule has 136 valence electrons. The third-order valence-electron chi connectivity index (χ3n) is 5.01. The smallest absolute Gasteiger partial charge is 0.281 e. The lowest BCUT2D eigenvalue weighted by Crippen LogP contribution is -2.21. The molecule has 2 heterocycles. The van der Waals surface area contributed by atoms with Crippen LogP contribution in [0.3, 0.4) is 0 Å². The number of benzene rings is 2. The SMILES string of the molecule is COc1ccccc1-n1ncc2c(C)n(-c3ccc(C)cc3)c(C)c2c1=O. The summed E-state index contributed by atoms with van der Waals surface area (Å²) in [5.41, 5.74) is 4.63. The van der Waals surface area contributed by atoms with Crippen molar-refractivity contribution >= 4 is 10.8 Å². The van der Waals surface area contributed by atoms with Gasteiger partial charge in [-0.3, -0.25) is 4.79 Å². The highest BCUT2D eigenvalue weighted by Crippen LogP contribution is 2.27. The molecule has 0 unspecified atom stereocenters. The second-order valence-corrected chi connectivity index (χ2v) is 6.66. The van der Waals surface area contributed by atoms with Crippen LogP contribution in [0.1, 0.15) is 17.0 Å². The highest BCUT2D eigenvalue weighted by atomic mass is 16.5. The molecule has 0 radical (unpaired) electrons. The zero-order valence-electron chi connectivity index (χ0n) is 15.9. The molecule has 0 amide bonds. The van der Waals surface area contributed by atoms with Crippen LogP contribution >= 0.6 is 0 Å². The summed E-state index contributed by atoms with van der Waals surface area (Å²) in [4.78, 5) is 13.3. The average Bonchev–Trinajstić information content (AvgIpc) is 2.94. The van der Waals surface area contributed by atoms with Gasteiger partial charge in [0.15, 0.2) is 0 Å². The minimum absolute atomic E-state index is 0.150. The molecule has 0 aliphatic carbocycles. The Labute approximate surface area is 157 Å². The number of ether oxygens (including phenoxy) is 1. The van der Waals surface area contributed by atoms with E-state index in [4.69, 9.17) is 4.74 Å². The van der Waals surface area contributed by atoms with E-state index in [2.05, 4.69) is 40.9 Å². The third kappa shape index (κ3) is 2.63. The third-order valence-corrected chi connectivity index (χ3v) is 5.01. The maximum absolute atomic E-state index is 13.3. The normalized spacial score (nSPS) is 11.1. The van der Waals surface area contributed by atoms with Gasteiger partial charge in [0, 0.05) is 22.5 Å². The first kappa shape index (κ1) is 17.1. The van der Waals surface area contributed by atoms with Gasteiger partial charge in [-0.05, 0) is 45.0 Å². The van der Waals surface area contributed by atoms with Crippen molar-refractivity contribution in [1.82, 2.24) is 14.3 Å². The van der Waals surface area contributed by atoms with E-state index in [1.54, 1.807) is 13.3 Å². The Morgan fingerprint density at radius 2 is 1.63 bits per heavy atom. The topological polar surface area (TPSA) is 49.0 Å². The second kappa shape index (κ2) is 6.43. The second-order valence-electron chi connectivity index (χ2n) is 6.66. The zero-order valence-corrected chi connectivity index (χ0v) is 15.9. The summed E-state index contributed by atoms with van der Waals surface area (Å²) in [5, 5.41) is 5.96. The fraction of sp³-hybridized carbons (Fsp3) is 0.182. The molecule has 0 spiro atoms. The highest BCUT2D eigenvalue weighted by Gasteiger charge is 2.18. The van der Waals surface area contributed by atoms with Crippen LogP contribution in [0.2, 0.25) is 0 Å². The Morgan fingerprint density at radius 3 is 2.33 bits per heavy atom. The van der Waals surface area contributed by atoms with E-state index in [9.17, 15) is 4.79 Å². The van der Waals surface area contributed by atoms with E-state index in [0.717, 1.165) is 22.5 Å². The summed E-state index contributed by atoms with van der Waals surface area (Å²) in [6.45, 7) is 6.05. The molecule has 27 heavy (non-hydrogen) atoms. The molecular formula is C22H21N3O2. The molecule has 4 aromatic rings. The van der Waals surface area contributed by atoms with E-state index in [0.29, 0.717) is 16.8 Å². The summed E-state index contributed by atoms with van der Waals surface area (Å²) >= 11 is 0. The van der Waals surface area contributed by atoms with Gasteiger partial charge < -0.3 is 9.30 Å². The number of para-hydroxylation sites is 2. The molecule has 2 aromatic carbocycles. The lowest BCUT2D eigenvalue weighted by atomic mass is 10.2. The summed E-state index contributed by atoms with van der Waals surface area (Å²) < 4.78 is 8.92. The molecule has 0 saturated heterocycles. The van der Waals surface area contributed by atoms with Crippen molar-refractivity contribution in [2.45, 2.75) is 20.8 Å².